The van der Waals surface area contributed by atoms with Gasteiger partial charge in [-0.05, 0) is 30.9 Å². The summed E-state index contributed by atoms with van der Waals surface area (Å²) < 4.78 is 5.44. The van der Waals surface area contributed by atoms with Gasteiger partial charge in [-0.3, -0.25) is 4.98 Å². The Morgan fingerprint density at radius 1 is 1.60 bits per heavy atom. The van der Waals surface area contributed by atoms with Crippen LogP contribution in [-0.4, -0.2) is 28.9 Å². The fourth-order valence-electron chi connectivity index (χ4n) is 2.13. The summed E-state index contributed by atoms with van der Waals surface area (Å²) in [6, 6.07) is 3.88. The average molecular weight is 207 g/mol. The molecule has 1 saturated carbocycles. The Morgan fingerprint density at radius 3 is 2.87 bits per heavy atom. The molecular weight excluding hydrogens is 190 g/mol. The van der Waals surface area contributed by atoms with E-state index in [9.17, 15) is 5.11 Å². The quantitative estimate of drug-likeness (QED) is 0.814. The van der Waals surface area contributed by atoms with Crippen molar-refractivity contribution in [3.05, 3.63) is 30.1 Å². The minimum absolute atomic E-state index is 0.296. The Kier molecular flexibility index (Phi) is 3.03. The van der Waals surface area contributed by atoms with Gasteiger partial charge in [0.15, 0.2) is 0 Å². The Bertz CT molecular complexity index is 303. The lowest BCUT2D eigenvalue weighted by molar-refractivity contribution is -0.148. The summed E-state index contributed by atoms with van der Waals surface area (Å²) in [4.78, 5) is 4.04. The van der Waals surface area contributed by atoms with E-state index in [2.05, 4.69) is 4.98 Å². The molecular formula is C12H17NO2. The predicted molar refractivity (Wildman–Crippen MR) is 57.5 cm³/mol. The van der Waals surface area contributed by atoms with Crippen molar-refractivity contribution >= 4 is 0 Å². The number of aliphatic hydroxyl groups excluding tert-OH is 1. The SMILES string of the molecule is COC1(C(O)Cc2cccnc2)CCC1. The standard InChI is InChI=1S/C12H17NO2/c1-15-12(5-3-6-12)11(14)8-10-4-2-7-13-9-10/h2,4,7,9,11,14H,3,5-6,8H2,1H3. The second-order valence-corrected chi connectivity index (χ2v) is 4.20. The van der Waals surface area contributed by atoms with Gasteiger partial charge in [-0.25, -0.2) is 0 Å². The van der Waals surface area contributed by atoms with Gasteiger partial charge in [-0.15, -0.1) is 0 Å². The molecule has 0 radical (unpaired) electrons. The van der Waals surface area contributed by atoms with Gasteiger partial charge >= 0.3 is 0 Å². The molecule has 3 nitrogen and oxygen atoms in total. The fourth-order valence-corrected chi connectivity index (χ4v) is 2.13. The molecule has 1 N–H and O–H groups in total. The lowest BCUT2D eigenvalue weighted by atomic mass is 9.74. The Hall–Kier alpha value is -0.930. The highest BCUT2D eigenvalue weighted by molar-refractivity contribution is 5.12. The van der Waals surface area contributed by atoms with Crippen LogP contribution in [0.5, 0.6) is 0 Å². The van der Waals surface area contributed by atoms with Crippen molar-refractivity contribution in [3.8, 4) is 0 Å². The second kappa shape index (κ2) is 4.29. The molecule has 1 aliphatic carbocycles. The van der Waals surface area contributed by atoms with Crippen molar-refractivity contribution < 1.29 is 9.84 Å². The van der Waals surface area contributed by atoms with Crippen LogP contribution in [0.1, 0.15) is 24.8 Å². The van der Waals surface area contributed by atoms with Crippen LogP contribution < -0.4 is 0 Å². The second-order valence-electron chi connectivity index (χ2n) is 4.20. The normalized spacial score (nSPS) is 20.7. The summed E-state index contributed by atoms with van der Waals surface area (Å²) in [7, 11) is 1.69. The summed E-state index contributed by atoms with van der Waals surface area (Å²) in [5.41, 5.74) is 0.767. The highest BCUT2D eigenvalue weighted by Gasteiger charge is 2.43. The molecule has 0 aromatic carbocycles. The third-order valence-electron chi connectivity index (χ3n) is 3.37. The first kappa shape index (κ1) is 10.6. The first-order chi connectivity index (χ1) is 7.27. The first-order valence-electron chi connectivity index (χ1n) is 5.39. The van der Waals surface area contributed by atoms with Crippen molar-refractivity contribution in [1.29, 1.82) is 0 Å². The molecule has 0 saturated heterocycles. The smallest absolute Gasteiger partial charge is 0.0939 e. The van der Waals surface area contributed by atoms with Crippen LogP contribution in [0.25, 0.3) is 0 Å². The molecule has 0 amide bonds. The third-order valence-corrected chi connectivity index (χ3v) is 3.37. The number of hydrogen-bond donors (Lipinski definition) is 1. The van der Waals surface area contributed by atoms with Gasteiger partial charge in [0.25, 0.3) is 0 Å². The van der Waals surface area contributed by atoms with Crippen LogP contribution >= 0.6 is 0 Å². The minimum atomic E-state index is -0.416. The number of methoxy groups -OCH3 is 1. The maximum atomic E-state index is 10.1. The number of hydrogen-bond acceptors (Lipinski definition) is 3. The number of aliphatic hydroxyl groups is 1. The lowest BCUT2D eigenvalue weighted by Gasteiger charge is -2.44. The molecule has 3 heteroatoms. The molecule has 2 rings (SSSR count). The Labute approximate surface area is 90.1 Å². The van der Waals surface area contributed by atoms with Crippen molar-refractivity contribution in [2.24, 2.45) is 0 Å². The number of pyridine rings is 1. The van der Waals surface area contributed by atoms with E-state index in [1.807, 2.05) is 12.1 Å². The number of rotatable bonds is 4. The maximum Gasteiger partial charge on any atom is 0.0939 e. The van der Waals surface area contributed by atoms with E-state index in [4.69, 9.17) is 4.74 Å². The monoisotopic (exact) mass is 207 g/mol. The highest BCUT2D eigenvalue weighted by atomic mass is 16.5. The van der Waals surface area contributed by atoms with Gasteiger partial charge < -0.3 is 9.84 Å². The summed E-state index contributed by atoms with van der Waals surface area (Å²) in [5.74, 6) is 0. The molecule has 1 aromatic rings. The molecule has 82 valence electrons. The van der Waals surface area contributed by atoms with E-state index in [0.29, 0.717) is 6.42 Å². The molecule has 1 aromatic heterocycles. The largest absolute Gasteiger partial charge is 0.390 e. The van der Waals surface area contributed by atoms with Crippen LogP contribution in [0, 0.1) is 0 Å². The first-order valence-corrected chi connectivity index (χ1v) is 5.39. The average Bonchev–Trinajstić information content (AvgIpc) is 2.18. The Balaban J connectivity index is 2.00. The van der Waals surface area contributed by atoms with Crippen LogP contribution in [0.3, 0.4) is 0 Å². The van der Waals surface area contributed by atoms with Crippen LogP contribution in [0.15, 0.2) is 24.5 Å². The van der Waals surface area contributed by atoms with Crippen molar-refractivity contribution in [2.45, 2.75) is 37.4 Å². The van der Waals surface area contributed by atoms with E-state index >= 15 is 0 Å². The van der Waals surface area contributed by atoms with Gasteiger partial charge in [-0.2, -0.15) is 0 Å². The van der Waals surface area contributed by atoms with E-state index in [-0.39, 0.29) is 5.60 Å². The predicted octanol–water partition coefficient (Wildman–Crippen LogP) is 1.55. The van der Waals surface area contributed by atoms with E-state index in [1.165, 1.54) is 0 Å². The summed E-state index contributed by atoms with van der Waals surface area (Å²) in [5, 5.41) is 10.1. The molecule has 1 atom stereocenters. The van der Waals surface area contributed by atoms with E-state index < -0.39 is 6.10 Å². The molecule has 1 aliphatic rings. The minimum Gasteiger partial charge on any atom is -0.390 e. The maximum absolute atomic E-state index is 10.1. The van der Waals surface area contributed by atoms with Gasteiger partial charge in [0.2, 0.25) is 0 Å². The molecule has 0 bridgehead atoms. The van der Waals surface area contributed by atoms with Gasteiger partial charge in [0, 0.05) is 25.9 Å². The van der Waals surface area contributed by atoms with Crippen molar-refractivity contribution in [3.63, 3.8) is 0 Å². The highest BCUT2D eigenvalue weighted by Crippen LogP contribution is 2.39. The Morgan fingerprint density at radius 2 is 2.40 bits per heavy atom. The van der Waals surface area contributed by atoms with Crippen LogP contribution in [-0.2, 0) is 11.2 Å². The molecule has 1 unspecified atom stereocenters. The number of aromatic nitrogens is 1. The van der Waals surface area contributed by atoms with E-state index in [1.54, 1.807) is 19.5 Å². The fraction of sp³-hybridized carbons (Fsp3) is 0.583. The van der Waals surface area contributed by atoms with Crippen LogP contribution in [0.2, 0.25) is 0 Å². The number of ether oxygens (including phenoxy) is 1. The zero-order chi connectivity index (χ0) is 10.7. The lowest BCUT2D eigenvalue weighted by Crippen LogP contribution is -2.50. The van der Waals surface area contributed by atoms with Gasteiger partial charge in [-0.1, -0.05) is 6.07 Å². The summed E-state index contributed by atoms with van der Waals surface area (Å²) in [6.07, 6.45) is 6.83. The molecule has 15 heavy (non-hydrogen) atoms. The zero-order valence-corrected chi connectivity index (χ0v) is 9.02. The topological polar surface area (TPSA) is 42.4 Å². The molecule has 0 spiro atoms. The van der Waals surface area contributed by atoms with E-state index in [0.717, 1.165) is 24.8 Å². The zero-order valence-electron chi connectivity index (χ0n) is 9.02. The van der Waals surface area contributed by atoms with Gasteiger partial charge in [0.05, 0.1) is 11.7 Å². The molecule has 1 fully saturated rings. The molecule has 1 heterocycles. The number of nitrogens with zero attached hydrogens (tertiary/aromatic N) is 1. The molecule has 0 aliphatic heterocycles. The third kappa shape index (κ3) is 2.03. The van der Waals surface area contributed by atoms with Crippen LogP contribution in [0.4, 0.5) is 0 Å². The van der Waals surface area contributed by atoms with Crippen molar-refractivity contribution in [2.75, 3.05) is 7.11 Å². The van der Waals surface area contributed by atoms with Crippen molar-refractivity contribution in [1.82, 2.24) is 4.98 Å². The summed E-state index contributed by atoms with van der Waals surface area (Å²) >= 11 is 0. The van der Waals surface area contributed by atoms with Gasteiger partial charge in [0.1, 0.15) is 0 Å². The summed E-state index contributed by atoms with van der Waals surface area (Å²) in [6.45, 7) is 0.